The molecule has 4 heterocycles. The molecule has 4 nitrogen and oxygen atoms in total. The van der Waals surface area contributed by atoms with E-state index in [0.29, 0.717) is 11.8 Å². The molecule has 3 saturated heterocycles. The van der Waals surface area contributed by atoms with E-state index in [1.54, 1.807) is 7.11 Å². The van der Waals surface area contributed by atoms with Crippen LogP contribution in [0.5, 0.6) is 5.75 Å². The summed E-state index contributed by atoms with van der Waals surface area (Å²) >= 11 is 0. The van der Waals surface area contributed by atoms with Crippen LogP contribution in [-0.4, -0.2) is 47.4 Å². The SMILES string of the molecule is C=CC1C[N+]2(CC)CCC1C[C@@H]2[C@@H](O)c1ccnc2ccc(OC)cc12.[Cl-]. The third-order valence-electron chi connectivity index (χ3n) is 6.97. The molecule has 1 aromatic heterocycles. The summed E-state index contributed by atoms with van der Waals surface area (Å²) in [5.41, 5.74) is 1.89. The molecule has 0 aliphatic carbocycles. The number of halogens is 1. The van der Waals surface area contributed by atoms with Gasteiger partial charge in [-0.25, -0.2) is 0 Å². The number of fused-ring (bicyclic) bond motifs is 4. The van der Waals surface area contributed by atoms with Gasteiger partial charge in [0.25, 0.3) is 0 Å². The average molecular weight is 389 g/mol. The van der Waals surface area contributed by atoms with E-state index < -0.39 is 6.10 Å². The Morgan fingerprint density at radius 2 is 2.22 bits per heavy atom. The summed E-state index contributed by atoms with van der Waals surface area (Å²) in [6, 6.07) is 8.11. The fourth-order valence-corrected chi connectivity index (χ4v) is 5.38. The van der Waals surface area contributed by atoms with Gasteiger partial charge in [-0.05, 0) is 42.7 Å². The van der Waals surface area contributed by atoms with Gasteiger partial charge in [0.2, 0.25) is 0 Å². The number of hydrogen-bond acceptors (Lipinski definition) is 3. The molecule has 0 spiro atoms. The number of rotatable bonds is 5. The molecule has 3 unspecified atom stereocenters. The Balaban J connectivity index is 0.00000210. The Hall–Kier alpha value is -1.62. The molecule has 0 amide bonds. The summed E-state index contributed by atoms with van der Waals surface area (Å²) < 4.78 is 6.40. The van der Waals surface area contributed by atoms with Crippen molar-refractivity contribution in [1.82, 2.24) is 4.98 Å². The van der Waals surface area contributed by atoms with Crippen molar-refractivity contribution >= 4 is 10.9 Å². The topological polar surface area (TPSA) is 42.4 Å². The van der Waals surface area contributed by atoms with Gasteiger partial charge in [0.15, 0.2) is 0 Å². The van der Waals surface area contributed by atoms with Crippen molar-refractivity contribution in [3.8, 4) is 5.75 Å². The van der Waals surface area contributed by atoms with Crippen molar-refractivity contribution < 1.29 is 26.7 Å². The Labute approximate surface area is 167 Å². The molecule has 0 saturated carbocycles. The molecule has 5 atom stereocenters. The van der Waals surface area contributed by atoms with Crippen LogP contribution in [0.4, 0.5) is 0 Å². The summed E-state index contributed by atoms with van der Waals surface area (Å²) in [6.07, 6.45) is 5.79. The van der Waals surface area contributed by atoms with Gasteiger partial charge in [0.1, 0.15) is 17.9 Å². The van der Waals surface area contributed by atoms with E-state index in [0.717, 1.165) is 46.2 Å². The number of ether oxygens (including phenoxy) is 1. The molecule has 3 aliphatic heterocycles. The number of aliphatic hydroxyl groups is 1. The third kappa shape index (κ3) is 3.24. The smallest absolute Gasteiger partial charge is 0.131 e. The Morgan fingerprint density at radius 3 is 2.93 bits per heavy atom. The van der Waals surface area contributed by atoms with Crippen LogP contribution in [0.15, 0.2) is 43.1 Å². The van der Waals surface area contributed by atoms with Gasteiger partial charge in [-0.3, -0.25) is 4.98 Å². The van der Waals surface area contributed by atoms with E-state index in [9.17, 15) is 5.11 Å². The van der Waals surface area contributed by atoms with Crippen molar-refractivity contribution in [2.75, 3.05) is 26.7 Å². The first kappa shape index (κ1) is 20.1. The largest absolute Gasteiger partial charge is 1.00 e. The molecule has 2 bridgehead atoms. The number of piperidine rings is 3. The van der Waals surface area contributed by atoms with Crippen LogP contribution in [0, 0.1) is 11.8 Å². The molecule has 27 heavy (non-hydrogen) atoms. The molecule has 5 heteroatoms. The van der Waals surface area contributed by atoms with Crippen molar-refractivity contribution in [3.63, 3.8) is 0 Å². The molecular weight excluding hydrogens is 360 g/mol. The first-order valence-electron chi connectivity index (χ1n) is 9.71. The highest BCUT2D eigenvalue weighted by Crippen LogP contribution is 2.46. The van der Waals surface area contributed by atoms with Crippen LogP contribution in [-0.2, 0) is 0 Å². The summed E-state index contributed by atoms with van der Waals surface area (Å²) in [6.45, 7) is 9.66. The first-order chi connectivity index (χ1) is 12.6. The fraction of sp³-hybridized carbons (Fsp3) is 0.500. The van der Waals surface area contributed by atoms with Crippen LogP contribution in [0.25, 0.3) is 10.9 Å². The predicted octanol–water partition coefficient (Wildman–Crippen LogP) is 0.712. The lowest BCUT2D eigenvalue weighted by Gasteiger charge is -2.57. The van der Waals surface area contributed by atoms with E-state index in [1.807, 2.05) is 30.5 Å². The van der Waals surface area contributed by atoms with E-state index in [4.69, 9.17) is 4.74 Å². The molecule has 146 valence electrons. The lowest BCUT2D eigenvalue weighted by molar-refractivity contribution is -0.971. The minimum absolute atomic E-state index is 0. The zero-order chi connectivity index (χ0) is 18.3. The number of likely N-dealkylation sites (N-methyl/N-ethyl adjacent to an activating group) is 1. The molecule has 3 aliphatic rings. The van der Waals surface area contributed by atoms with Gasteiger partial charge < -0.3 is 26.7 Å². The standard InChI is InChI=1S/C22H29N2O2.ClH/c1-4-15-14-24(5-2)11-9-16(15)12-21(24)22(25)18-8-10-23-20-7-6-17(26-3)13-19(18)20;/h4,6-8,10,13,15-16,21-22,25H,1,5,9,11-12,14H2,2-3H3;1H/q+1;/p-1/t15?,16?,21-,22+,24?;/m1./s1. The van der Waals surface area contributed by atoms with E-state index in [1.165, 1.54) is 13.0 Å². The van der Waals surface area contributed by atoms with E-state index in [-0.39, 0.29) is 18.4 Å². The van der Waals surface area contributed by atoms with Crippen molar-refractivity contribution in [2.45, 2.75) is 31.9 Å². The van der Waals surface area contributed by atoms with Crippen LogP contribution in [0.1, 0.15) is 31.4 Å². The second kappa shape index (κ2) is 7.78. The summed E-state index contributed by atoms with van der Waals surface area (Å²) in [7, 11) is 1.67. The van der Waals surface area contributed by atoms with E-state index >= 15 is 0 Å². The zero-order valence-electron chi connectivity index (χ0n) is 16.1. The van der Waals surface area contributed by atoms with E-state index in [2.05, 4.69) is 24.6 Å². The molecule has 3 fully saturated rings. The number of aromatic nitrogens is 1. The number of benzene rings is 1. The van der Waals surface area contributed by atoms with Crippen molar-refractivity contribution in [2.24, 2.45) is 11.8 Å². The number of aliphatic hydroxyl groups excluding tert-OH is 1. The lowest BCUT2D eigenvalue weighted by atomic mass is 9.71. The minimum Gasteiger partial charge on any atom is -1.00 e. The van der Waals surface area contributed by atoms with Crippen LogP contribution < -0.4 is 17.1 Å². The maximum absolute atomic E-state index is 11.5. The van der Waals surface area contributed by atoms with Gasteiger partial charge in [-0.15, -0.1) is 6.58 Å². The number of nitrogens with zero attached hydrogens (tertiary/aromatic N) is 2. The summed E-state index contributed by atoms with van der Waals surface area (Å²) in [5.74, 6) is 2.04. The third-order valence-corrected chi connectivity index (χ3v) is 6.97. The maximum atomic E-state index is 11.5. The first-order valence-corrected chi connectivity index (χ1v) is 9.71. The number of quaternary nitrogens is 1. The normalized spacial score (nSPS) is 30.6. The number of methoxy groups -OCH3 is 1. The highest BCUT2D eigenvalue weighted by Gasteiger charge is 2.53. The van der Waals surface area contributed by atoms with Gasteiger partial charge in [-0.2, -0.15) is 0 Å². The van der Waals surface area contributed by atoms with Crippen molar-refractivity contribution in [1.29, 1.82) is 0 Å². The van der Waals surface area contributed by atoms with Crippen molar-refractivity contribution in [3.05, 3.63) is 48.7 Å². The molecule has 5 rings (SSSR count). The average Bonchev–Trinajstić information content (AvgIpc) is 2.72. The highest BCUT2D eigenvalue weighted by atomic mass is 35.5. The van der Waals surface area contributed by atoms with Gasteiger partial charge in [0, 0.05) is 30.3 Å². The van der Waals surface area contributed by atoms with Gasteiger partial charge in [0.05, 0.1) is 32.3 Å². The molecular formula is C22H29ClN2O2. The molecule has 1 aromatic carbocycles. The van der Waals surface area contributed by atoms with Gasteiger partial charge in [-0.1, -0.05) is 6.08 Å². The highest BCUT2D eigenvalue weighted by molar-refractivity contribution is 5.83. The number of hydrogen-bond donors (Lipinski definition) is 1. The molecule has 1 N–H and O–H groups in total. The van der Waals surface area contributed by atoms with Crippen LogP contribution in [0.2, 0.25) is 0 Å². The fourth-order valence-electron chi connectivity index (χ4n) is 5.38. The summed E-state index contributed by atoms with van der Waals surface area (Å²) in [4.78, 5) is 4.47. The second-order valence-electron chi connectivity index (χ2n) is 7.92. The summed E-state index contributed by atoms with van der Waals surface area (Å²) in [5, 5.41) is 12.5. The monoisotopic (exact) mass is 388 g/mol. The Bertz CT molecular complexity index is 827. The predicted molar refractivity (Wildman–Crippen MR) is 104 cm³/mol. The molecule has 0 radical (unpaired) electrons. The van der Waals surface area contributed by atoms with Gasteiger partial charge >= 0.3 is 0 Å². The molecule has 2 aromatic rings. The second-order valence-corrected chi connectivity index (χ2v) is 7.92. The zero-order valence-corrected chi connectivity index (χ0v) is 16.9. The Morgan fingerprint density at radius 1 is 1.41 bits per heavy atom. The van der Waals surface area contributed by atoms with Crippen LogP contribution in [0.3, 0.4) is 0 Å². The minimum atomic E-state index is -0.485. The number of pyridine rings is 1. The lowest BCUT2D eigenvalue weighted by Crippen LogP contribution is -3.00. The quantitative estimate of drug-likeness (QED) is 0.606. The maximum Gasteiger partial charge on any atom is 0.131 e. The van der Waals surface area contributed by atoms with Crippen LogP contribution >= 0.6 is 0 Å². The Kier molecular flexibility index (Phi) is 5.80.